The molecule has 1 saturated heterocycles. The van der Waals surface area contributed by atoms with Crippen molar-refractivity contribution in [1.29, 1.82) is 0 Å². The molecule has 1 heterocycles. The normalized spacial score (nSPS) is 16.9. The van der Waals surface area contributed by atoms with Gasteiger partial charge in [0.2, 0.25) is 29.5 Å². The maximum absolute atomic E-state index is 13.2. The minimum atomic E-state index is -0.970. The summed E-state index contributed by atoms with van der Waals surface area (Å²) in [5.74, 6) is 0.818. The molecule has 1 aliphatic rings. The van der Waals surface area contributed by atoms with Crippen LogP contribution in [0.5, 0.6) is 11.5 Å². The predicted octanol–water partition coefficient (Wildman–Crippen LogP) is 4.98. The number of carbonyl (C=O) groups is 5. The summed E-state index contributed by atoms with van der Waals surface area (Å²) in [6.45, 7) is 9.79. The fraction of sp³-hybridized carbons (Fsp3) is 0.596. The summed E-state index contributed by atoms with van der Waals surface area (Å²) in [5.41, 5.74) is 18.9. The highest BCUT2D eigenvalue weighted by Crippen LogP contribution is 2.43. The highest BCUT2D eigenvalue weighted by atomic mass is 16.7. The van der Waals surface area contributed by atoms with E-state index in [9.17, 15) is 24.0 Å². The number of nitrogens with zero attached hydrogens (tertiary/aromatic N) is 2. The predicted molar refractivity (Wildman–Crippen MR) is 291 cm³/mol. The van der Waals surface area contributed by atoms with E-state index in [1.807, 2.05) is 73.7 Å². The number of benzene rings is 3. The number of amides is 5. The summed E-state index contributed by atoms with van der Waals surface area (Å²) < 4.78 is 31.2. The fourth-order valence-corrected chi connectivity index (χ4v) is 9.30. The molecule has 18 nitrogen and oxygen atoms in total. The SMILES string of the molecule is CCCC(=O)N(CCNC(=O)CCCCCOC1CC(C)C(C)C(COC(c2ccccc2)(c2ccc(OC)cc2)c2ccc(OC)cc2)O1)CCNC(=O)CCC(=O)NC(CCCCN)C(=O)N(CCN)CCN. The zero-order valence-electron chi connectivity index (χ0n) is 45.4. The molecular formula is C57H88N8O10. The number of hydrogen-bond donors (Lipinski definition) is 6. The van der Waals surface area contributed by atoms with Crippen molar-refractivity contribution >= 4 is 29.5 Å². The minimum absolute atomic E-state index is 0.0731. The van der Waals surface area contributed by atoms with Crippen LogP contribution in [0.15, 0.2) is 78.9 Å². The van der Waals surface area contributed by atoms with Gasteiger partial charge < -0.3 is 66.6 Å². The molecule has 0 bridgehead atoms. The van der Waals surface area contributed by atoms with Gasteiger partial charge in [-0.3, -0.25) is 24.0 Å². The van der Waals surface area contributed by atoms with Crippen molar-refractivity contribution < 1.29 is 47.7 Å². The van der Waals surface area contributed by atoms with Crippen LogP contribution in [-0.4, -0.2) is 144 Å². The second-order valence-corrected chi connectivity index (χ2v) is 19.3. The third-order valence-electron chi connectivity index (χ3n) is 13.9. The third-order valence-corrected chi connectivity index (χ3v) is 13.9. The highest BCUT2D eigenvalue weighted by molar-refractivity contribution is 5.89. The van der Waals surface area contributed by atoms with Crippen LogP contribution >= 0.6 is 0 Å². The molecule has 75 heavy (non-hydrogen) atoms. The summed E-state index contributed by atoms with van der Waals surface area (Å²) in [5, 5.41) is 8.52. The molecule has 0 aliphatic carbocycles. The van der Waals surface area contributed by atoms with Gasteiger partial charge in [0.1, 0.15) is 23.1 Å². The molecule has 3 aromatic rings. The number of nitrogens with one attached hydrogen (secondary N) is 3. The van der Waals surface area contributed by atoms with Crippen LogP contribution in [0.2, 0.25) is 0 Å². The van der Waals surface area contributed by atoms with Crippen LogP contribution in [0.3, 0.4) is 0 Å². The molecule has 9 N–H and O–H groups in total. The molecule has 0 spiro atoms. The Morgan fingerprint density at radius 1 is 0.667 bits per heavy atom. The smallest absolute Gasteiger partial charge is 0.245 e. The Hall–Kier alpha value is -5.63. The monoisotopic (exact) mass is 1040 g/mol. The maximum atomic E-state index is 13.2. The van der Waals surface area contributed by atoms with Gasteiger partial charge in [-0.1, -0.05) is 81.8 Å². The molecule has 0 radical (unpaired) electrons. The first-order chi connectivity index (χ1) is 36.3. The summed E-state index contributed by atoms with van der Waals surface area (Å²) >= 11 is 0. The molecule has 5 unspecified atom stereocenters. The standard InChI is InChI=1S/C57H88N8O10/c1-6-15-54(69)64(38-34-62-52(67)28-29-53(68)63-49(18-12-13-30-58)56(70)65(35-31-59)36-32-60)37-33-61-51(66)19-11-8-14-39-73-55-40-42(2)43(3)50(75-55)41-74-57(44-16-9-7-10-17-44,45-20-24-47(71-4)25-21-45)46-22-26-48(72-5)27-23-46/h7,9-10,16-17,20-27,42-43,49-50,55H,6,8,11-15,18-19,28-41,58-60H2,1-5H3,(H,61,66)(H,62,67)(H,63,68). The molecule has 1 fully saturated rings. The van der Waals surface area contributed by atoms with E-state index in [2.05, 4.69) is 41.9 Å². The molecule has 0 saturated carbocycles. The zero-order valence-corrected chi connectivity index (χ0v) is 45.4. The van der Waals surface area contributed by atoms with Crippen molar-refractivity contribution in [2.45, 2.75) is 122 Å². The lowest BCUT2D eigenvalue weighted by Crippen LogP contribution is -2.51. The topological polar surface area (TPSA) is 252 Å². The number of ether oxygens (including phenoxy) is 5. The largest absolute Gasteiger partial charge is 0.497 e. The van der Waals surface area contributed by atoms with Gasteiger partial charge in [0.15, 0.2) is 6.29 Å². The van der Waals surface area contributed by atoms with E-state index in [4.69, 9.17) is 40.9 Å². The van der Waals surface area contributed by atoms with Crippen molar-refractivity contribution in [2.24, 2.45) is 29.0 Å². The van der Waals surface area contributed by atoms with Crippen molar-refractivity contribution in [2.75, 3.05) is 86.3 Å². The first kappa shape index (κ1) is 61.9. The summed E-state index contributed by atoms with van der Waals surface area (Å²) in [4.78, 5) is 67.8. The fourth-order valence-electron chi connectivity index (χ4n) is 9.30. The molecule has 416 valence electrons. The second kappa shape index (κ2) is 34.1. The Bertz CT molecular complexity index is 2080. The van der Waals surface area contributed by atoms with Crippen LogP contribution in [0, 0.1) is 11.8 Å². The first-order valence-corrected chi connectivity index (χ1v) is 27.1. The number of carbonyl (C=O) groups excluding carboxylic acids is 5. The lowest BCUT2D eigenvalue weighted by atomic mass is 9.79. The van der Waals surface area contributed by atoms with Gasteiger partial charge in [0.25, 0.3) is 0 Å². The molecule has 18 heteroatoms. The number of rotatable bonds is 36. The van der Waals surface area contributed by atoms with Gasteiger partial charge in [0.05, 0.1) is 26.9 Å². The average molecular weight is 1050 g/mol. The maximum Gasteiger partial charge on any atom is 0.245 e. The molecule has 1 aliphatic heterocycles. The minimum Gasteiger partial charge on any atom is -0.497 e. The van der Waals surface area contributed by atoms with Gasteiger partial charge in [0, 0.05) is 91.1 Å². The van der Waals surface area contributed by atoms with Gasteiger partial charge in [-0.15, -0.1) is 0 Å². The summed E-state index contributed by atoms with van der Waals surface area (Å²) in [6, 6.07) is 25.4. The Balaban J connectivity index is 1.20. The number of hydrogen-bond acceptors (Lipinski definition) is 13. The van der Waals surface area contributed by atoms with E-state index in [0.29, 0.717) is 90.3 Å². The van der Waals surface area contributed by atoms with E-state index in [1.54, 1.807) is 24.0 Å². The molecule has 5 atom stereocenters. The van der Waals surface area contributed by atoms with Crippen molar-refractivity contribution in [3.8, 4) is 11.5 Å². The van der Waals surface area contributed by atoms with Crippen molar-refractivity contribution in [1.82, 2.24) is 25.8 Å². The number of unbranched alkanes of at least 4 members (excludes halogenated alkanes) is 3. The van der Waals surface area contributed by atoms with Gasteiger partial charge in [-0.2, -0.15) is 0 Å². The lowest BCUT2D eigenvalue weighted by molar-refractivity contribution is -0.236. The van der Waals surface area contributed by atoms with Crippen LogP contribution in [0.1, 0.15) is 115 Å². The first-order valence-electron chi connectivity index (χ1n) is 27.1. The molecule has 5 amide bonds. The highest BCUT2D eigenvalue weighted by Gasteiger charge is 2.41. The third kappa shape index (κ3) is 20.1. The lowest BCUT2D eigenvalue weighted by Gasteiger charge is -2.42. The van der Waals surface area contributed by atoms with Crippen molar-refractivity contribution in [3.05, 3.63) is 95.6 Å². The Kier molecular flexibility index (Phi) is 28.2. The van der Waals surface area contributed by atoms with E-state index in [0.717, 1.165) is 47.5 Å². The van der Waals surface area contributed by atoms with E-state index in [1.165, 1.54) is 0 Å². The van der Waals surface area contributed by atoms with Crippen molar-refractivity contribution in [3.63, 3.8) is 0 Å². The zero-order chi connectivity index (χ0) is 54.4. The van der Waals surface area contributed by atoms with E-state index in [-0.39, 0.29) is 81.2 Å². The second-order valence-electron chi connectivity index (χ2n) is 19.3. The van der Waals surface area contributed by atoms with Crippen LogP contribution < -0.4 is 42.6 Å². The molecule has 3 aromatic carbocycles. The summed E-state index contributed by atoms with van der Waals surface area (Å²) in [7, 11) is 3.31. The summed E-state index contributed by atoms with van der Waals surface area (Å²) in [6.07, 6.45) is 5.25. The Morgan fingerprint density at radius 2 is 1.24 bits per heavy atom. The number of nitrogens with two attached hydrogens (primary N) is 3. The molecule has 0 aromatic heterocycles. The molecule has 4 rings (SSSR count). The van der Waals surface area contributed by atoms with E-state index >= 15 is 0 Å². The van der Waals surface area contributed by atoms with Gasteiger partial charge in [-0.05, 0) is 97.9 Å². The average Bonchev–Trinajstić information content (AvgIpc) is 3.42. The van der Waals surface area contributed by atoms with E-state index < -0.39 is 23.8 Å². The quantitative estimate of drug-likeness (QED) is 0.0333. The van der Waals surface area contributed by atoms with Gasteiger partial charge >= 0.3 is 0 Å². The van der Waals surface area contributed by atoms with Crippen LogP contribution in [0.25, 0.3) is 0 Å². The number of methoxy groups -OCH3 is 2. The Labute approximate surface area is 445 Å². The van der Waals surface area contributed by atoms with Gasteiger partial charge in [-0.25, -0.2) is 0 Å². The van der Waals surface area contributed by atoms with Crippen LogP contribution in [0.4, 0.5) is 0 Å². The molecular weight excluding hydrogens is 957 g/mol. The van der Waals surface area contributed by atoms with Crippen LogP contribution in [-0.2, 0) is 43.8 Å². The Morgan fingerprint density at radius 3 is 1.80 bits per heavy atom.